The second-order valence-electron chi connectivity index (χ2n) is 5.76. The predicted molar refractivity (Wildman–Crippen MR) is 78.7 cm³/mol. The molecule has 0 heterocycles. The van der Waals surface area contributed by atoms with Crippen molar-refractivity contribution in [3.63, 3.8) is 0 Å². The maximum Gasteiger partial charge on any atom is 0.252 e. The molecule has 1 aromatic carbocycles. The van der Waals surface area contributed by atoms with Crippen LogP contribution in [-0.2, 0) is 0 Å². The molecule has 0 radical (unpaired) electrons. The van der Waals surface area contributed by atoms with Gasteiger partial charge in [0, 0.05) is 11.6 Å². The maximum absolute atomic E-state index is 13.3. The summed E-state index contributed by atoms with van der Waals surface area (Å²) >= 11 is 0. The lowest BCUT2D eigenvalue weighted by Gasteiger charge is -2.28. The van der Waals surface area contributed by atoms with E-state index in [2.05, 4.69) is 17.2 Å². The van der Waals surface area contributed by atoms with E-state index in [1.165, 1.54) is 18.2 Å². The molecule has 4 heteroatoms. The average molecular weight is 276 g/mol. The van der Waals surface area contributed by atoms with E-state index in [-0.39, 0.29) is 23.9 Å². The zero-order chi connectivity index (χ0) is 15.3. The molecular formula is C16H21FN2O. The lowest BCUT2D eigenvalue weighted by Crippen LogP contribution is -2.41. The number of benzene rings is 1. The van der Waals surface area contributed by atoms with Crippen LogP contribution >= 0.6 is 0 Å². The number of hydrogen-bond donors (Lipinski definition) is 2. The fourth-order valence-electron chi connectivity index (χ4n) is 1.46. The minimum absolute atomic E-state index is 0.0182. The van der Waals surface area contributed by atoms with Crippen molar-refractivity contribution >= 4 is 5.91 Å². The van der Waals surface area contributed by atoms with Gasteiger partial charge in [0.05, 0.1) is 12.1 Å². The second kappa shape index (κ2) is 6.53. The van der Waals surface area contributed by atoms with E-state index in [0.29, 0.717) is 11.1 Å². The van der Waals surface area contributed by atoms with Crippen molar-refractivity contribution in [3.05, 3.63) is 35.1 Å². The zero-order valence-electron chi connectivity index (χ0n) is 12.4. The summed E-state index contributed by atoms with van der Waals surface area (Å²) in [7, 11) is 0. The van der Waals surface area contributed by atoms with Crippen molar-refractivity contribution in [2.75, 3.05) is 6.54 Å². The number of carbonyl (C=O) groups is 1. The summed E-state index contributed by atoms with van der Waals surface area (Å²) in [5, 5.41) is 2.91. The Morgan fingerprint density at radius 1 is 1.45 bits per heavy atom. The molecule has 0 spiro atoms. The van der Waals surface area contributed by atoms with Crippen molar-refractivity contribution in [2.45, 2.75) is 33.7 Å². The van der Waals surface area contributed by atoms with E-state index in [1.807, 2.05) is 27.7 Å². The Morgan fingerprint density at radius 2 is 2.10 bits per heavy atom. The van der Waals surface area contributed by atoms with Gasteiger partial charge in [0.15, 0.2) is 0 Å². The van der Waals surface area contributed by atoms with Gasteiger partial charge in [-0.15, -0.1) is 0 Å². The monoisotopic (exact) mass is 276 g/mol. The van der Waals surface area contributed by atoms with Crippen LogP contribution < -0.4 is 11.1 Å². The smallest absolute Gasteiger partial charge is 0.252 e. The fourth-order valence-corrected chi connectivity index (χ4v) is 1.46. The van der Waals surface area contributed by atoms with Crippen LogP contribution in [0.4, 0.5) is 4.39 Å². The molecular weight excluding hydrogens is 255 g/mol. The van der Waals surface area contributed by atoms with Crippen molar-refractivity contribution in [3.8, 4) is 11.8 Å². The lowest BCUT2D eigenvalue weighted by molar-refractivity contribution is 0.0910. The first-order valence-corrected chi connectivity index (χ1v) is 6.55. The van der Waals surface area contributed by atoms with Crippen molar-refractivity contribution < 1.29 is 9.18 Å². The molecule has 20 heavy (non-hydrogen) atoms. The Hall–Kier alpha value is -1.86. The molecule has 3 nitrogen and oxygen atoms in total. The molecule has 1 amide bonds. The van der Waals surface area contributed by atoms with Gasteiger partial charge in [-0.2, -0.15) is 0 Å². The third-order valence-electron chi connectivity index (χ3n) is 3.20. The molecule has 0 aliphatic rings. The summed E-state index contributed by atoms with van der Waals surface area (Å²) < 4.78 is 13.3. The Kier molecular flexibility index (Phi) is 5.29. The molecule has 0 fully saturated rings. The summed E-state index contributed by atoms with van der Waals surface area (Å²) in [6, 6.07) is 3.93. The lowest BCUT2D eigenvalue weighted by atomic mass is 9.88. The van der Waals surface area contributed by atoms with Gasteiger partial charge in [0.1, 0.15) is 5.82 Å². The van der Waals surface area contributed by atoms with Crippen LogP contribution in [0.5, 0.6) is 0 Å². The van der Waals surface area contributed by atoms with Crippen molar-refractivity contribution in [1.29, 1.82) is 0 Å². The second-order valence-corrected chi connectivity index (χ2v) is 5.76. The molecule has 0 bridgehead atoms. The Bertz CT molecular complexity index is 550. The normalized spacial score (nSPS) is 12.3. The fraction of sp³-hybridized carbons (Fsp3) is 0.438. The van der Waals surface area contributed by atoms with Gasteiger partial charge >= 0.3 is 0 Å². The number of nitrogens with one attached hydrogen (secondary N) is 1. The maximum atomic E-state index is 13.3. The highest BCUT2D eigenvalue weighted by Gasteiger charge is 2.23. The molecule has 1 atom stereocenters. The molecule has 1 rings (SSSR count). The van der Waals surface area contributed by atoms with Crippen LogP contribution in [-0.4, -0.2) is 18.5 Å². The molecule has 0 aliphatic heterocycles. The van der Waals surface area contributed by atoms with Crippen molar-refractivity contribution in [1.82, 2.24) is 5.32 Å². The summed E-state index contributed by atoms with van der Waals surface area (Å²) in [6.07, 6.45) is 0. The topological polar surface area (TPSA) is 55.1 Å². The Balaban J connectivity index is 3.04. The van der Waals surface area contributed by atoms with E-state index in [9.17, 15) is 9.18 Å². The van der Waals surface area contributed by atoms with Crippen LogP contribution in [0, 0.1) is 23.1 Å². The molecule has 3 N–H and O–H groups in total. The molecule has 0 saturated carbocycles. The third-order valence-corrected chi connectivity index (χ3v) is 3.20. The van der Waals surface area contributed by atoms with Gasteiger partial charge in [0.2, 0.25) is 0 Å². The standard InChI is InChI=1S/C16H21FN2O/c1-11(16(2,3)4)19-15(20)14-8-7-13(17)10-12(14)6-5-9-18/h7-8,10-11H,9,18H2,1-4H3,(H,19,20). The first-order chi connectivity index (χ1) is 9.25. The number of rotatable bonds is 2. The van der Waals surface area contributed by atoms with Gasteiger partial charge in [-0.1, -0.05) is 32.6 Å². The van der Waals surface area contributed by atoms with Gasteiger partial charge in [-0.05, 0) is 30.5 Å². The number of carbonyl (C=O) groups excluding carboxylic acids is 1. The highest BCUT2D eigenvalue weighted by atomic mass is 19.1. The van der Waals surface area contributed by atoms with Gasteiger partial charge < -0.3 is 11.1 Å². The Labute approximate surface area is 119 Å². The minimum atomic E-state index is -0.424. The number of nitrogens with two attached hydrogens (primary N) is 1. The molecule has 1 unspecified atom stereocenters. The SMILES string of the molecule is CC(NC(=O)c1ccc(F)cc1C#CCN)C(C)(C)C. The van der Waals surface area contributed by atoms with Crippen LogP contribution in [0.25, 0.3) is 0 Å². The summed E-state index contributed by atoms with van der Waals surface area (Å²) in [5.41, 5.74) is 5.97. The molecule has 1 aromatic rings. The van der Waals surface area contributed by atoms with Crippen LogP contribution in [0.3, 0.4) is 0 Å². The molecule has 0 saturated heterocycles. The average Bonchev–Trinajstić information content (AvgIpc) is 2.35. The van der Waals surface area contributed by atoms with E-state index >= 15 is 0 Å². The van der Waals surface area contributed by atoms with E-state index in [4.69, 9.17) is 5.73 Å². The molecule has 0 aliphatic carbocycles. The first-order valence-electron chi connectivity index (χ1n) is 6.55. The zero-order valence-corrected chi connectivity index (χ0v) is 12.4. The van der Waals surface area contributed by atoms with Gasteiger partial charge in [-0.25, -0.2) is 4.39 Å². The molecule has 108 valence electrons. The first kappa shape index (κ1) is 16.2. The van der Waals surface area contributed by atoms with Gasteiger partial charge in [-0.3, -0.25) is 4.79 Å². The number of hydrogen-bond acceptors (Lipinski definition) is 2. The summed E-state index contributed by atoms with van der Waals surface area (Å²) in [5.74, 6) is 4.69. The number of amides is 1. The minimum Gasteiger partial charge on any atom is -0.349 e. The largest absolute Gasteiger partial charge is 0.349 e. The number of halogens is 1. The van der Waals surface area contributed by atoms with E-state index in [1.54, 1.807) is 0 Å². The molecule has 0 aromatic heterocycles. The summed E-state index contributed by atoms with van der Waals surface area (Å²) in [6.45, 7) is 8.22. The summed E-state index contributed by atoms with van der Waals surface area (Å²) in [4.78, 5) is 12.3. The highest BCUT2D eigenvalue weighted by Crippen LogP contribution is 2.19. The Morgan fingerprint density at radius 3 is 2.65 bits per heavy atom. The predicted octanol–water partition coefficient (Wildman–Crippen LogP) is 2.30. The highest BCUT2D eigenvalue weighted by molar-refractivity contribution is 5.96. The van der Waals surface area contributed by atoms with E-state index < -0.39 is 5.82 Å². The van der Waals surface area contributed by atoms with Crippen molar-refractivity contribution in [2.24, 2.45) is 11.1 Å². The van der Waals surface area contributed by atoms with Gasteiger partial charge in [0.25, 0.3) is 5.91 Å². The third kappa shape index (κ3) is 4.36. The van der Waals surface area contributed by atoms with Crippen LogP contribution in [0.1, 0.15) is 43.6 Å². The van der Waals surface area contributed by atoms with E-state index in [0.717, 1.165) is 0 Å². The van der Waals surface area contributed by atoms with Crippen LogP contribution in [0.15, 0.2) is 18.2 Å². The van der Waals surface area contributed by atoms with Crippen LogP contribution in [0.2, 0.25) is 0 Å². The quantitative estimate of drug-likeness (QED) is 0.814.